The summed E-state index contributed by atoms with van der Waals surface area (Å²) >= 11 is 0. The second kappa shape index (κ2) is 8.34. The van der Waals surface area contributed by atoms with Crippen LogP contribution in [0.3, 0.4) is 0 Å². The van der Waals surface area contributed by atoms with Gasteiger partial charge in [-0.25, -0.2) is 4.98 Å². The molecule has 0 bridgehead atoms. The molecule has 1 aliphatic rings. The van der Waals surface area contributed by atoms with Gasteiger partial charge in [-0.15, -0.1) is 0 Å². The second-order valence-corrected chi connectivity index (χ2v) is 6.34. The first kappa shape index (κ1) is 17.7. The highest BCUT2D eigenvalue weighted by molar-refractivity contribution is 5.77. The lowest BCUT2D eigenvalue weighted by Crippen LogP contribution is -2.38. The van der Waals surface area contributed by atoms with Crippen molar-refractivity contribution in [1.82, 2.24) is 9.88 Å². The van der Waals surface area contributed by atoms with Gasteiger partial charge in [-0.1, -0.05) is 12.1 Å². The Bertz CT molecular complexity index is 798. The Balaban J connectivity index is 1.54. The van der Waals surface area contributed by atoms with Gasteiger partial charge in [-0.05, 0) is 43.2 Å². The molecule has 6 heteroatoms. The van der Waals surface area contributed by atoms with Crippen LogP contribution in [0.5, 0.6) is 5.75 Å². The molecule has 0 aliphatic carbocycles. The van der Waals surface area contributed by atoms with Crippen LogP contribution in [0.15, 0.2) is 42.6 Å². The molecule has 0 atom stereocenters. The Morgan fingerprint density at radius 2 is 2.12 bits per heavy atom. The molecule has 1 saturated heterocycles. The average Bonchev–Trinajstić information content (AvgIpc) is 2.92. The van der Waals surface area contributed by atoms with Crippen LogP contribution in [0.25, 0.3) is 0 Å². The van der Waals surface area contributed by atoms with E-state index in [4.69, 9.17) is 10.00 Å². The van der Waals surface area contributed by atoms with Crippen LogP contribution in [-0.2, 0) is 4.79 Å². The third-order valence-corrected chi connectivity index (χ3v) is 4.40. The number of hydrogen-bond acceptors (Lipinski definition) is 5. The molecule has 1 aromatic carbocycles. The van der Waals surface area contributed by atoms with Crippen molar-refractivity contribution in [3.63, 3.8) is 0 Å². The lowest BCUT2D eigenvalue weighted by atomic mass is 10.2. The average molecular weight is 350 g/mol. The molecule has 26 heavy (non-hydrogen) atoms. The van der Waals surface area contributed by atoms with Gasteiger partial charge in [0.05, 0.1) is 5.56 Å². The normalized spacial score (nSPS) is 14.5. The number of hydrogen-bond donors (Lipinski definition) is 0. The van der Waals surface area contributed by atoms with E-state index in [1.54, 1.807) is 12.3 Å². The van der Waals surface area contributed by atoms with Gasteiger partial charge in [-0.3, -0.25) is 4.79 Å². The van der Waals surface area contributed by atoms with Crippen LogP contribution in [0, 0.1) is 18.3 Å². The number of carbonyl (C=O) groups excluding carboxylic acids is 1. The third kappa shape index (κ3) is 4.51. The maximum Gasteiger partial charge on any atom is 0.260 e. The molecular weight excluding hydrogens is 328 g/mol. The van der Waals surface area contributed by atoms with Gasteiger partial charge in [0.15, 0.2) is 6.61 Å². The molecule has 1 fully saturated rings. The maximum atomic E-state index is 12.5. The Morgan fingerprint density at radius 3 is 2.85 bits per heavy atom. The zero-order valence-electron chi connectivity index (χ0n) is 14.9. The number of amides is 1. The Morgan fingerprint density at radius 1 is 1.23 bits per heavy atom. The van der Waals surface area contributed by atoms with Crippen molar-refractivity contribution >= 4 is 11.7 Å². The van der Waals surface area contributed by atoms with Gasteiger partial charge in [0.25, 0.3) is 5.91 Å². The van der Waals surface area contributed by atoms with E-state index in [2.05, 4.69) is 16.0 Å². The smallest absolute Gasteiger partial charge is 0.260 e. The molecule has 0 saturated carbocycles. The number of ether oxygens (including phenoxy) is 1. The molecule has 1 aliphatic heterocycles. The van der Waals surface area contributed by atoms with Crippen molar-refractivity contribution in [2.45, 2.75) is 13.3 Å². The monoisotopic (exact) mass is 350 g/mol. The zero-order valence-corrected chi connectivity index (χ0v) is 14.9. The molecule has 1 amide bonds. The van der Waals surface area contributed by atoms with E-state index in [9.17, 15) is 4.79 Å². The van der Waals surface area contributed by atoms with E-state index in [-0.39, 0.29) is 12.5 Å². The number of benzene rings is 1. The molecule has 0 spiro atoms. The van der Waals surface area contributed by atoms with E-state index in [0.29, 0.717) is 18.7 Å². The summed E-state index contributed by atoms with van der Waals surface area (Å²) in [6.07, 6.45) is 2.46. The SMILES string of the molecule is Cc1cccc(OCC(=O)N2CCCN(c3ccc(C#N)cn3)CC2)c1. The van der Waals surface area contributed by atoms with E-state index >= 15 is 0 Å². The summed E-state index contributed by atoms with van der Waals surface area (Å²) in [5.74, 6) is 1.56. The number of carbonyl (C=O) groups is 1. The van der Waals surface area contributed by atoms with Crippen molar-refractivity contribution in [1.29, 1.82) is 5.26 Å². The minimum absolute atomic E-state index is 0.00106. The molecule has 2 heterocycles. The maximum absolute atomic E-state index is 12.5. The minimum Gasteiger partial charge on any atom is -0.484 e. The quantitative estimate of drug-likeness (QED) is 0.847. The van der Waals surface area contributed by atoms with Gasteiger partial charge >= 0.3 is 0 Å². The zero-order chi connectivity index (χ0) is 18.4. The van der Waals surface area contributed by atoms with E-state index in [1.807, 2.05) is 42.2 Å². The lowest BCUT2D eigenvalue weighted by Gasteiger charge is -2.23. The summed E-state index contributed by atoms with van der Waals surface area (Å²) in [6.45, 7) is 4.95. The van der Waals surface area contributed by atoms with Crippen molar-refractivity contribution in [3.8, 4) is 11.8 Å². The summed E-state index contributed by atoms with van der Waals surface area (Å²) in [6, 6.07) is 13.4. The first-order chi connectivity index (χ1) is 12.7. The summed E-state index contributed by atoms with van der Waals surface area (Å²) < 4.78 is 5.63. The van der Waals surface area contributed by atoms with Gasteiger partial charge in [-0.2, -0.15) is 5.26 Å². The standard InChI is InChI=1S/C20H22N4O2/c1-16-4-2-5-18(12-16)26-15-20(25)24-9-3-8-23(10-11-24)19-7-6-17(13-21)14-22-19/h2,4-7,12,14H,3,8-11,15H2,1H3. The van der Waals surface area contributed by atoms with Crippen LogP contribution in [0.4, 0.5) is 5.82 Å². The fourth-order valence-corrected chi connectivity index (χ4v) is 2.98. The van der Waals surface area contributed by atoms with E-state index < -0.39 is 0 Å². The molecular formula is C20H22N4O2. The van der Waals surface area contributed by atoms with Gasteiger partial charge in [0.1, 0.15) is 17.6 Å². The molecule has 1 aromatic heterocycles. The van der Waals surface area contributed by atoms with Crippen LogP contribution in [0.1, 0.15) is 17.5 Å². The summed E-state index contributed by atoms with van der Waals surface area (Å²) in [7, 11) is 0. The van der Waals surface area contributed by atoms with Crippen LogP contribution in [0.2, 0.25) is 0 Å². The molecule has 2 aromatic rings. The minimum atomic E-state index is 0.00106. The largest absolute Gasteiger partial charge is 0.484 e. The first-order valence-electron chi connectivity index (χ1n) is 8.74. The molecule has 0 N–H and O–H groups in total. The van der Waals surface area contributed by atoms with Crippen molar-refractivity contribution < 1.29 is 9.53 Å². The van der Waals surface area contributed by atoms with Crippen LogP contribution >= 0.6 is 0 Å². The predicted octanol–water partition coefficient (Wildman–Crippen LogP) is 2.38. The second-order valence-electron chi connectivity index (χ2n) is 6.34. The number of rotatable bonds is 4. The number of anilines is 1. The highest BCUT2D eigenvalue weighted by atomic mass is 16.5. The Labute approximate surface area is 153 Å². The Kier molecular flexibility index (Phi) is 5.69. The number of nitrogens with zero attached hydrogens (tertiary/aromatic N) is 4. The first-order valence-corrected chi connectivity index (χ1v) is 8.74. The number of aryl methyl sites for hydroxylation is 1. The van der Waals surface area contributed by atoms with Crippen molar-refractivity contribution in [2.24, 2.45) is 0 Å². The van der Waals surface area contributed by atoms with Gasteiger partial charge < -0.3 is 14.5 Å². The van der Waals surface area contributed by atoms with E-state index in [1.165, 1.54) is 0 Å². The third-order valence-electron chi connectivity index (χ3n) is 4.40. The molecule has 0 unspecified atom stereocenters. The van der Waals surface area contributed by atoms with Crippen LogP contribution in [-0.4, -0.2) is 48.6 Å². The van der Waals surface area contributed by atoms with Crippen molar-refractivity contribution in [3.05, 3.63) is 53.7 Å². The number of pyridine rings is 1. The van der Waals surface area contributed by atoms with E-state index in [0.717, 1.165) is 36.6 Å². The predicted molar refractivity (Wildman–Crippen MR) is 99.0 cm³/mol. The van der Waals surface area contributed by atoms with Gasteiger partial charge in [0, 0.05) is 32.4 Å². The molecule has 6 nitrogen and oxygen atoms in total. The topological polar surface area (TPSA) is 69.5 Å². The van der Waals surface area contributed by atoms with Crippen molar-refractivity contribution in [2.75, 3.05) is 37.7 Å². The van der Waals surface area contributed by atoms with Gasteiger partial charge in [0.2, 0.25) is 0 Å². The number of nitriles is 1. The fraction of sp³-hybridized carbons (Fsp3) is 0.350. The summed E-state index contributed by atoms with van der Waals surface area (Å²) in [4.78, 5) is 20.8. The summed E-state index contributed by atoms with van der Waals surface area (Å²) in [5.41, 5.74) is 1.66. The molecule has 0 radical (unpaired) electrons. The lowest BCUT2D eigenvalue weighted by molar-refractivity contribution is -0.133. The van der Waals surface area contributed by atoms with Crippen LogP contribution < -0.4 is 9.64 Å². The highest BCUT2D eigenvalue weighted by Crippen LogP contribution is 2.15. The number of aromatic nitrogens is 1. The summed E-state index contributed by atoms with van der Waals surface area (Å²) in [5, 5.41) is 8.87. The highest BCUT2D eigenvalue weighted by Gasteiger charge is 2.20. The molecule has 134 valence electrons. The molecule has 3 rings (SSSR count). The fourth-order valence-electron chi connectivity index (χ4n) is 2.98. The Hall–Kier alpha value is -3.07.